The SMILES string of the molecule is Cc1cc(C(F)(C(F)(F)F)C(F)(F)F)ccc1N(C(=O)c1c(I)cccc1C(N)=O)C(C)(C)CS(C)=O. The van der Waals surface area contributed by atoms with Crippen LogP contribution in [-0.4, -0.2) is 45.9 Å². The van der Waals surface area contributed by atoms with Gasteiger partial charge in [-0.2, -0.15) is 26.3 Å². The van der Waals surface area contributed by atoms with Crippen LogP contribution in [0.2, 0.25) is 0 Å². The predicted molar refractivity (Wildman–Crippen MR) is 134 cm³/mol. The molecule has 2 aromatic carbocycles. The van der Waals surface area contributed by atoms with Crippen molar-refractivity contribution in [1.82, 2.24) is 0 Å². The summed E-state index contributed by atoms with van der Waals surface area (Å²) in [6.45, 7) is 4.06. The summed E-state index contributed by atoms with van der Waals surface area (Å²) in [4.78, 5) is 26.9. The van der Waals surface area contributed by atoms with E-state index < -0.39 is 51.7 Å². The Morgan fingerprint density at radius 1 is 1.00 bits per heavy atom. The van der Waals surface area contributed by atoms with Crippen molar-refractivity contribution in [2.75, 3.05) is 16.9 Å². The lowest BCUT2D eigenvalue weighted by Crippen LogP contribution is -2.52. The zero-order chi connectivity index (χ0) is 28.7. The summed E-state index contributed by atoms with van der Waals surface area (Å²) in [6, 6.07) is 5.65. The molecule has 2 aromatic rings. The van der Waals surface area contributed by atoms with E-state index in [0.29, 0.717) is 12.1 Å². The maximum atomic E-state index is 14.7. The molecule has 0 aliphatic heterocycles. The van der Waals surface area contributed by atoms with Gasteiger partial charge in [0.1, 0.15) is 0 Å². The maximum Gasteiger partial charge on any atom is 0.435 e. The van der Waals surface area contributed by atoms with Gasteiger partial charge in [0.15, 0.2) is 0 Å². The van der Waals surface area contributed by atoms with Gasteiger partial charge in [-0.25, -0.2) is 4.39 Å². The second-order valence-electron chi connectivity index (χ2n) is 8.85. The number of halogens is 8. The molecule has 0 saturated carbocycles. The Hall–Kier alpha value is -2.23. The second kappa shape index (κ2) is 10.5. The average molecular weight is 666 g/mol. The highest BCUT2D eigenvalue weighted by molar-refractivity contribution is 14.1. The van der Waals surface area contributed by atoms with Crippen molar-refractivity contribution in [2.24, 2.45) is 5.73 Å². The fourth-order valence-electron chi connectivity index (χ4n) is 3.94. The lowest BCUT2D eigenvalue weighted by atomic mass is 9.91. The van der Waals surface area contributed by atoms with Crippen LogP contribution in [0.25, 0.3) is 0 Å². The summed E-state index contributed by atoms with van der Waals surface area (Å²) >= 11 is 1.77. The summed E-state index contributed by atoms with van der Waals surface area (Å²) in [5, 5.41) is 0. The van der Waals surface area contributed by atoms with Crippen molar-refractivity contribution in [3.05, 3.63) is 62.2 Å². The first kappa shape index (κ1) is 31.0. The van der Waals surface area contributed by atoms with Crippen LogP contribution in [0.3, 0.4) is 0 Å². The van der Waals surface area contributed by atoms with E-state index in [1.54, 1.807) is 22.6 Å². The summed E-state index contributed by atoms with van der Waals surface area (Å²) < 4.78 is 107. The molecule has 0 aromatic heterocycles. The van der Waals surface area contributed by atoms with E-state index in [1.807, 2.05) is 0 Å². The van der Waals surface area contributed by atoms with E-state index in [-0.39, 0.29) is 31.7 Å². The molecule has 0 radical (unpaired) electrons. The third kappa shape index (κ3) is 5.94. The fourth-order valence-corrected chi connectivity index (χ4v) is 5.79. The lowest BCUT2D eigenvalue weighted by molar-refractivity contribution is -0.348. The fraction of sp³-hybridized carbons (Fsp3) is 0.391. The molecule has 0 saturated heterocycles. The van der Waals surface area contributed by atoms with E-state index in [9.17, 15) is 44.5 Å². The van der Waals surface area contributed by atoms with E-state index in [0.717, 1.165) is 17.9 Å². The van der Waals surface area contributed by atoms with E-state index >= 15 is 0 Å². The van der Waals surface area contributed by atoms with Crippen molar-refractivity contribution in [2.45, 2.75) is 44.3 Å². The Morgan fingerprint density at radius 2 is 1.54 bits per heavy atom. The Kier molecular flexibility index (Phi) is 8.79. The monoisotopic (exact) mass is 666 g/mol. The Balaban J connectivity index is 2.85. The van der Waals surface area contributed by atoms with Crippen LogP contribution in [0.1, 0.15) is 45.7 Å². The predicted octanol–water partition coefficient (Wildman–Crippen LogP) is 5.79. The molecule has 0 fully saturated rings. The number of benzene rings is 2. The van der Waals surface area contributed by atoms with Crippen molar-refractivity contribution < 1.29 is 44.5 Å². The smallest absolute Gasteiger partial charge is 0.366 e. The second-order valence-corrected chi connectivity index (χ2v) is 11.4. The molecular weight excluding hydrogens is 644 g/mol. The van der Waals surface area contributed by atoms with Gasteiger partial charge in [-0.05, 0) is 67.1 Å². The van der Waals surface area contributed by atoms with Crippen molar-refractivity contribution >= 4 is 50.9 Å². The van der Waals surface area contributed by atoms with Gasteiger partial charge >= 0.3 is 18.0 Å². The number of aryl methyl sites for hydroxylation is 1. The van der Waals surface area contributed by atoms with Crippen LogP contribution in [0, 0.1) is 10.5 Å². The van der Waals surface area contributed by atoms with Crippen molar-refractivity contribution in [1.29, 1.82) is 0 Å². The Morgan fingerprint density at radius 3 is 1.97 bits per heavy atom. The first-order chi connectivity index (χ1) is 16.7. The summed E-state index contributed by atoms with van der Waals surface area (Å²) in [6.07, 6.45) is -11.3. The largest absolute Gasteiger partial charge is 0.435 e. The normalized spacial score (nSPS) is 13.8. The number of nitrogens with two attached hydrogens (primary N) is 1. The molecular formula is C23H22F7IN2O3S. The van der Waals surface area contributed by atoms with Crippen LogP contribution in [0.5, 0.6) is 0 Å². The minimum absolute atomic E-state index is 0.159. The van der Waals surface area contributed by atoms with Crippen molar-refractivity contribution in [3.8, 4) is 0 Å². The number of hydrogen-bond acceptors (Lipinski definition) is 3. The molecule has 2 N–H and O–H groups in total. The highest BCUT2D eigenvalue weighted by atomic mass is 127. The number of amides is 2. The highest BCUT2D eigenvalue weighted by Gasteiger charge is 2.73. The van der Waals surface area contributed by atoms with E-state index in [2.05, 4.69) is 0 Å². The van der Waals surface area contributed by atoms with E-state index in [1.165, 1.54) is 38.3 Å². The van der Waals surface area contributed by atoms with E-state index in [4.69, 9.17) is 5.73 Å². The Labute approximate surface area is 224 Å². The zero-order valence-electron chi connectivity index (χ0n) is 19.9. The third-order valence-corrected chi connectivity index (χ3v) is 7.49. The number of nitrogens with zero attached hydrogens (tertiary/aromatic N) is 1. The first-order valence-electron chi connectivity index (χ1n) is 10.3. The minimum atomic E-state index is -6.32. The van der Waals surface area contributed by atoms with Crippen molar-refractivity contribution in [3.63, 3.8) is 0 Å². The molecule has 2 amide bonds. The zero-order valence-corrected chi connectivity index (χ0v) is 22.8. The molecule has 1 unspecified atom stereocenters. The quantitative estimate of drug-likeness (QED) is 0.300. The van der Waals surface area contributed by atoms with Crippen LogP contribution in [0.15, 0.2) is 36.4 Å². The number of carbonyl (C=O) groups is 2. The van der Waals surface area contributed by atoms with Gasteiger partial charge in [-0.1, -0.05) is 18.2 Å². The van der Waals surface area contributed by atoms with Gasteiger partial charge in [0.25, 0.3) is 5.91 Å². The Bertz CT molecular complexity index is 1230. The van der Waals surface area contributed by atoms with Gasteiger partial charge in [-0.3, -0.25) is 13.8 Å². The van der Waals surface area contributed by atoms with Gasteiger partial charge in [0.05, 0.1) is 16.7 Å². The molecule has 204 valence electrons. The topological polar surface area (TPSA) is 80.5 Å². The summed E-state index contributed by atoms with van der Waals surface area (Å²) in [5.74, 6) is -1.99. The highest BCUT2D eigenvalue weighted by Crippen LogP contribution is 2.53. The molecule has 0 heterocycles. The number of anilines is 1. The number of alkyl halides is 7. The molecule has 0 aliphatic carbocycles. The first-order valence-corrected chi connectivity index (χ1v) is 13.1. The number of carbonyl (C=O) groups excluding carboxylic acids is 2. The molecule has 14 heteroatoms. The molecule has 37 heavy (non-hydrogen) atoms. The standard InChI is InChI=1S/C23H22F7IN2O3S/c1-12-10-13(21(24,22(25,26)27)23(28,29)30)8-9-16(12)33(20(2,3)11-37(4)36)19(35)17-14(18(32)34)6-5-7-15(17)31/h5-10H,11H2,1-4H3,(H2,32,34). The summed E-state index contributed by atoms with van der Waals surface area (Å²) in [7, 11) is -1.52. The molecule has 5 nitrogen and oxygen atoms in total. The molecule has 0 spiro atoms. The van der Waals surface area contributed by atoms with Gasteiger partial charge in [0, 0.05) is 37.6 Å². The van der Waals surface area contributed by atoms with Crippen LogP contribution in [0.4, 0.5) is 36.4 Å². The number of primary amides is 1. The molecule has 1 atom stereocenters. The maximum absolute atomic E-state index is 14.7. The number of rotatable bonds is 7. The lowest BCUT2D eigenvalue weighted by Gasteiger charge is -2.40. The van der Waals surface area contributed by atoms with Gasteiger partial charge in [-0.15, -0.1) is 0 Å². The molecule has 0 bridgehead atoms. The van der Waals surface area contributed by atoms with Gasteiger partial charge < -0.3 is 10.6 Å². The average Bonchev–Trinajstić information content (AvgIpc) is 2.71. The minimum Gasteiger partial charge on any atom is -0.366 e. The van der Waals surface area contributed by atoms with Crippen LogP contribution in [-0.2, 0) is 16.5 Å². The molecule has 2 rings (SSSR count). The number of hydrogen-bond donors (Lipinski definition) is 1. The van der Waals surface area contributed by atoms with Crippen LogP contribution >= 0.6 is 22.6 Å². The van der Waals surface area contributed by atoms with Gasteiger partial charge in [0.2, 0.25) is 5.91 Å². The van der Waals surface area contributed by atoms with Crippen LogP contribution < -0.4 is 10.6 Å². The third-order valence-electron chi connectivity index (χ3n) is 5.47. The summed E-state index contributed by atoms with van der Waals surface area (Å²) in [5.41, 5.74) is -4.12. The molecule has 0 aliphatic rings.